The van der Waals surface area contributed by atoms with Crippen molar-refractivity contribution < 1.29 is 14.3 Å². The summed E-state index contributed by atoms with van der Waals surface area (Å²) in [5.74, 6) is 0.373. The quantitative estimate of drug-likeness (QED) is 0.819. The van der Waals surface area contributed by atoms with E-state index in [0.717, 1.165) is 25.9 Å². The van der Waals surface area contributed by atoms with Gasteiger partial charge in [-0.25, -0.2) is 4.98 Å². The summed E-state index contributed by atoms with van der Waals surface area (Å²) in [6.45, 7) is 2.18. The van der Waals surface area contributed by atoms with Gasteiger partial charge >= 0.3 is 5.97 Å². The Labute approximate surface area is 94.1 Å². The van der Waals surface area contributed by atoms with Crippen molar-refractivity contribution in [3.63, 3.8) is 0 Å². The lowest BCUT2D eigenvalue weighted by Crippen LogP contribution is -2.15. The summed E-state index contributed by atoms with van der Waals surface area (Å²) in [6.07, 6.45) is 3.35. The highest BCUT2D eigenvalue weighted by Crippen LogP contribution is 2.19. The zero-order valence-electron chi connectivity index (χ0n) is 9.35. The maximum atomic E-state index is 10.5. The molecule has 0 bridgehead atoms. The van der Waals surface area contributed by atoms with Crippen molar-refractivity contribution in [2.45, 2.75) is 19.3 Å². The number of oxazole rings is 1. The number of hydrogen-bond acceptors (Lipinski definition) is 4. The topological polar surface area (TPSA) is 66.6 Å². The molecular formula is C11H16N2O3. The van der Waals surface area contributed by atoms with Crippen molar-refractivity contribution >= 4 is 5.97 Å². The van der Waals surface area contributed by atoms with Gasteiger partial charge in [0.15, 0.2) is 5.89 Å². The summed E-state index contributed by atoms with van der Waals surface area (Å²) in [5.41, 5.74) is 0.508. The molecule has 2 rings (SSSR count). The Kier molecular flexibility index (Phi) is 3.24. The lowest BCUT2D eigenvalue weighted by atomic mass is 10.1. The van der Waals surface area contributed by atoms with E-state index in [9.17, 15) is 4.79 Å². The van der Waals surface area contributed by atoms with E-state index in [4.69, 9.17) is 9.52 Å². The minimum absolute atomic E-state index is 0.0614. The second-order valence-electron chi connectivity index (χ2n) is 4.42. The Morgan fingerprint density at radius 1 is 1.75 bits per heavy atom. The van der Waals surface area contributed by atoms with Crippen molar-refractivity contribution in [2.75, 3.05) is 20.1 Å². The molecule has 1 aromatic heterocycles. The predicted octanol–water partition coefficient (Wildman–Crippen LogP) is 0.796. The predicted molar refractivity (Wildman–Crippen MR) is 57.2 cm³/mol. The van der Waals surface area contributed by atoms with Crippen molar-refractivity contribution in [1.82, 2.24) is 9.88 Å². The molecule has 1 aliphatic heterocycles. The number of rotatable bonds is 4. The summed E-state index contributed by atoms with van der Waals surface area (Å²) in [7, 11) is 2.10. The maximum absolute atomic E-state index is 10.5. The summed E-state index contributed by atoms with van der Waals surface area (Å²) in [4.78, 5) is 16.9. The van der Waals surface area contributed by atoms with Gasteiger partial charge in [0.25, 0.3) is 0 Å². The van der Waals surface area contributed by atoms with Crippen LogP contribution in [-0.4, -0.2) is 41.1 Å². The number of aliphatic carboxylic acids is 1. The number of aromatic nitrogens is 1. The van der Waals surface area contributed by atoms with Gasteiger partial charge in [-0.1, -0.05) is 0 Å². The molecule has 5 heteroatoms. The number of carbonyl (C=O) groups is 1. The fraction of sp³-hybridized carbons (Fsp3) is 0.636. The van der Waals surface area contributed by atoms with Crippen LogP contribution in [0.5, 0.6) is 0 Å². The molecule has 1 aliphatic rings. The molecule has 16 heavy (non-hydrogen) atoms. The Hall–Kier alpha value is -1.36. The second kappa shape index (κ2) is 4.65. The molecule has 1 N–H and O–H groups in total. The van der Waals surface area contributed by atoms with Crippen molar-refractivity contribution in [1.29, 1.82) is 0 Å². The highest BCUT2D eigenvalue weighted by Gasteiger charge is 2.21. The fourth-order valence-electron chi connectivity index (χ4n) is 2.12. The third kappa shape index (κ3) is 2.82. The number of nitrogens with zero attached hydrogens (tertiary/aromatic N) is 2. The Bertz CT molecular complexity index is 375. The van der Waals surface area contributed by atoms with E-state index >= 15 is 0 Å². The van der Waals surface area contributed by atoms with Gasteiger partial charge in [0.1, 0.15) is 6.26 Å². The molecule has 0 aromatic carbocycles. The summed E-state index contributed by atoms with van der Waals surface area (Å²) in [6, 6.07) is 0. The van der Waals surface area contributed by atoms with Crippen molar-refractivity contribution in [3.8, 4) is 0 Å². The van der Waals surface area contributed by atoms with E-state index in [2.05, 4.69) is 16.9 Å². The maximum Gasteiger partial charge on any atom is 0.309 e. The number of carboxylic acid groups (broad SMARTS) is 1. The average Bonchev–Trinajstić information content (AvgIpc) is 2.76. The second-order valence-corrected chi connectivity index (χ2v) is 4.42. The highest BCUT2D eigenvalue weighted by molar-refractivity contribution is 5.69. The third-order valence-electron chi connectivity index (χ3n) is 2.88. The molecule has 0 radical (unpaired) electrons. The smallest absolute Gasteiger partial charge is 0.309 e. The van der Waals surface area contributed by atoms with E-state index in [-0.39, 0.29) is 6.42 Å². The van der Waals surface area contributed by atoms with Gasteiger partial charge in [0.2, 0.25) is 0 Å². The van der Waals surface area contributed by atoms with E-state index < -0.39 is 5.97 Å². The molecule has 1 unspecified atom stereocenters. The average molecular weight is 224 g/mol. The minimum atomic E-state index is -0.875. The van der Waals surface area contributed by atoms with Gasteiger partial charge < -0.3 is 14.4 Å². The van der Waals surface area contributed by atoms with Crippen LogP contribution in [0.2, 0.25) is 0 Å². The van der Waals surface area contributed by atoms with Crippen molar-refractivity contribution in [3.05, 3.63) is 17.8 Å². The zero-order valence-corrected chi connectivity index (χ0v) is 9.35. The molecule has 1 aromatic rings. The van der Waals surface area contributed by atoms with Crippen LogP contribution < -0.4 is 0 Å². The van der Waals surface area contributed by atoms with Crippen LogP contribution in [0.3, 0.4) is 0 Å². The number of likely N-dealkylation sites (tertiary alicyclic amines) is 1. The summed E-state index contributed by atoms with van der Waals surface area (Å²) >= 11 is 0. The van der Waals surface area contributed by atoms with Gasteiger partial charge in [0.05, 0.1) is 12.1 Å². The van der Waals surface area contributed by atoms with Crippen LogP contribution in [0.4, 0.5) is 0 Å². The Morgan fingerprint density at radius 3 is 3.19 bits per heavy atom. The van der Waals surface area contributed by atoms with Crippen LogP contribution in [-0.2, 0) is 17.6 Å². The van der Waals surface area contributed by atoms with Crippen LogP contribution in [0.1, 0.15) is 18.0 Å². The molecule has 0 saturated carbocycles. The highest BCUT2D eigenvalue weighted by atomic mass is 16.4. The zero-order chi connectivity index (χ0) is 11.5. The van der Waals surface area contributed by atoms with Crippen molar-refractivity contribution in [2.24, 2.45) is 5.92 Å². The molecule has 2 heterocycles. The van der Waals surface area contributed by atoms with Gasteiger partial charge in [-0.2, -0.15) is 0 Å². The lowest BCUT2D eigenvalue weighted by Gasteiger charge is -2.07. The molecule has 1 atom stereocenters. The molecule has 88 valence electrons. The summed E-state index contributed by atoms with van der Waals surface area (Å²) in [5, 5.41) is 8.61. The molecule has 0 aliphatic carbocycles. The van der Waals surface area contributed by atoms with Gasteiger partial charge in [-0.15, -0.1) is 0 Å². The largest absolute Gasteiger partial charge is 0.481 e. The van der Waals surface area contributed by atoms with Crippen LogP contribution in [0, 0.1) is 5.92 Å². The van der Waals surface area contributed by atoms with Gasteiger partial charge in [-0.05, 0) is 25.9 Å². The van der Waals surface area contributed by atoms with Gasteiger partial charge in [-0.3, -0.25) is 4.79 Å². The van der Waals surface area contributed by atoms with Crippen LogP contribution in [0.15, 0.2) is 10.7 Å². The fourth-order valence-corrected chi connectivity index (χ4v) is 2.12. The molecular weight excluding hydrogens is 208 g/mol. The normalized spacial score (nSPS) is 21.4. The van der Waals surface area contributed by atoms with E-state index in [1.54, 1.807) is 0 Å². The molecule has 5 nitrogen and oxygen atoms in total. The first kappa shape index (κ1) is 11.1. The molecule has 1 saturated heterocycles. The minimum Gasteiger partial charge on any atom is -0.481 e. The van der Waals surface area contributed by atoms with Crippen LogP contribution in [0.25, 0.3) is 0 Å². The number of carboxylic acids is 1. The SMILES string of the molecule is CN1CCC(Cc2nc(CC(=O)O)co2)C1. The van der Waals surface area contributed by atoms with E-state index in [1.165, 1.54) is 6.26 Å². The summed E-state index contributed by atoms with van der Waals surface area (Å²) < 4.78 is 5.27. The molecule has 0 amide bonds. The van der Waals surface area contributed by atoms with Gasteiger partial charge in [0, 0.05) is 13.0 Å². The van der Waals surface area contributed by atoms with E-state index in [0.29, 0.717) is 17.5 Å². The Morgan fingerprint density at radius 2 is 2.56 bits per heavy atom. The van der Waals surface area contributed by atoms with Crippen LogP contribution >= 0.6 is 0 Å². The first-order chi connectivity index (χ1) is 7.63. The first-order valence-corrected chi connectivity index (χ1v) is 5.47. The van der Waals surface area contributed by atoms with E-state index in [1.807, 2.05) is 0 Å². The molecule has 0 spiro atoms. The Balaban J connectivity index is 1.90. The number of hydrogen-bond donors (Lipinski definition) is 1. The first-order valence-electron chi connectivity index (χ1n) is 5.47. The standard InChI is InChI=1S/C11H16N2O3/c1-13-3-2-8(6-13)4-10-12-9(7-16-10)5-11(14)15/h7-8H,2-6H2,1H3,(H,14,15). The third-order valence-corrected chi connectivity index (χ3v) is 2.88. The molecule has 1 fully saturated rings. The monoisotopic (exact) mass is 224 g/mol. The lowest BCUT2D eigenvalue weighted by molar-refractivity contribution is -0.136.